The van der Waals surface area contributed by atoms with Gasteiger partial charge in [0.25, 0.3) is 15.7 Å². The second-order valence-electron chi connectivity index (χ2n) is 6.29. The first-order chi connectivity index (χ1) is 15.2. The molecule has 2 N–H and O–H groups in total. The topological polar surface area (TPSA) is 123 Å². The van der Waals surface area contributed by atoms with Gasteiger partial charge in [0.15, 0.2) is 11.6 Å². The monoisotopic (exact) mass is 462 g/mol. The fourth-order valence-electron chi connectivity index (χ4n) is 2.63. The van der Waals surface area contributed by atoms with E-state index in [0.717, 1.165) is 36.5 Å². The number of hydrogen-bond acceptors (Lipinski definition) is 7. The minimum atomic E-state index is -4.17. The van der Waals surface area contributed by atoms with Crippen LogP contribution in [0.3, 0.4) is 0 Å². The molecule has 9 nitrogen and oxygen atoms in total. The van der Waals surface area contributed by atoms with Crippen molar-refractivity contribution in [1.82, 2.24) is 0 Å². The van der Waals surface area contributed by atoms with Gasteiger partial charge in [-0.25, -0.2) is 17.2 Å². The number of para-hydroxylation sites is 2. The van der Waals surface area contributed by atoms with E-state index in [4.69, 9.17) is 4.74 Å². The third kappa shape index (κ3) is 5.16. The maximum absolute atomic E-state index is 13.2. The minimum Gasteiger partial charge on any atom is -0.495 e. The maximum Gasteiger partial charge on any atom is 0.295 e. The predicted octanol–water partition coefficient (Wildman–Crippen LogP) is 4.13. The van der Waals surface area contributed by atoms with Gasteiger partial charge in [-0.3, -0.25) is 20.3 Å². The van der Waals surface area contributed by atoms with Gasteiger partial charge in [-0.2, -0.15) is 5.10 Å². The molecule has 0 bridgehead atoms. The van der Waals surface area contributed by atoms with E-state index in [1.165, 1.54) is 19.2 Å². The Morgan fingerprint density at radius 2 is 1.78 bits per heavy atom. The molecule has 0 aliphatic carbocycles. The average Bonchev–Trinajstić information content (AvgIpc) is 2.76. The van der Waals surface area contributed by atoms with Gasteiger partial charge in [0.1, 0.15) is 11.4 Å². The Bertz CT molecular complexity index is 1300. The van der Waals surface area contributed by atoms with Crippen molar-refractivity contribution < 1.29 is 26.9 Å². The number of nitrogens with one attached hydrogen (secondary N) is 2. The van der Waals surface area contributed by atoms with Crippen molar-refractivity contribution in [1.29, 1.82) is 0 Å². The van der Waals surface area contributed by atoms with Crippen molar-refractivity contribution in [2.75, 3.05) is 17.3 Å². The van der Waals surface area contributed by atoms with Crippen molar-refractivity contribution in [2.45, 2.75) is 4.90 Å². The molecule has 0 atom stereocenters. The third-order valence-corrected chi connectivity index (χ3v) is 5.53. The van der Waals surface area contributed by atoms with E-state index in [0.29, 0.717) is 0 Å². The van der Waals surface area contributed by atoms with Crippen LogP contribution in [0.15, 0.2) is 70.7 Å². The number of hydrazone groups is 1. The lowest BCUT2D eigenvalue weighted by molar-refractivity contribution is -0.384. The van der Waals surface area contributed by atoms with Crippen molar-refractivity contribution in [2.24, 2.45) is 5.10 Å². The molecule has 0 amide bonds. The molecule has 32 heavy (non-hydrogen) atoms. The number of hydrogen-bond donors (Lipinski definition) is 2. The molecule has 3 aromatic rings. The summed E-state index contributed by atoms with van der Waals surface area (Å²) in [5, 5.41) is 15.2. The first-order valence-electron chi connectivity index (χ1n) is 8.89. The number of rotatable bonds is 8. The Kier molecular flexibility index (Phi) is 6.64. The van der Waals surface area contributed by atoms with Crippen LogP contribution in [-0.4, -0.2) is 26.7 Å². The highest BCUT2D eigenvalue weighted by molar-refractivity contribution is 7.92. The second kappa shape index (κ2) is 9.39. The summed E-state index contributed by atoms with van der Waals surface area (Å²) in [6.07, 6.45) is 1.13. The van der Waals surface area contributed by atoms with Crippen molar-refractivity contribution >= 4 is 33.3 Å². The molecule has 0 saturated heterocycles. The van der Waals surface area contributed by atoms with Crippen molar-refractivity contribution in [3.63, 3.8) is 0 Å². The van der Waals surface area contributed by atoms with Crippen LogP contribution in [0.1, 0.15) is 5.56 Å². The van der Waals surface area contributed by atoms with Gasteiger partial charge >= 0.3 is 0 Å². The van der Waals surface area contributed by atoms with Crippen molar-refractivity contribution in [3.8, 4) is 5.75 Å². The smallest absolute Gasteiger partial charge is 0.295 e. The van der Waals surface area contributed by atoms with E-state index in [1.54, 1.807) is 18.2 Å². The number of methoxy groups -OCH3 is 1. The van der Waals surface area contributed by atoms with Crippen LogP contribution < -0.4 is 14.9 Å². The molecule has 0 saturated carbocycles. The molecular formula is C20H16F2N4O5S. The quantitative estimate of drug-likeness (QED) is 0.295. The number of halogens is 2. The molecule has 0 fully saturated rings. The lowest BCUT2D eigenvalue weighted by Gasteiger charge is -2.12. The molecule has 0 heterocycles. The Hall–Kier alpha value is -4.06. The highest BCUT2D eigenvalue weighted by atomic mass is 32.2. The Labute approximate surface area is 181 Å². The number of nitro benzene ring substituents is 1. The molecule has 12 heteroatoms. The zero-order valence-electron chi connectivity index (χ0n) is 16.5. The average molecular weight is 462 g/mol. The fraction of sp³-hybridized carbons (Fsp3) is 0.0500. The molecule has 0 aliphatic rings. The first-order valence-corrected chi connectivity index (χ1v) is 10.4. The molecular weight excluding hydrogens is 446 g/mol. The molecule has 0 spiro atoms. The number of benzene rings is 3. The largest absolute Gasteiger partial charge is 0.495 e. The minimum absolute atomic E-state index is 0.106. The lowest BCUT2D eigenvalue weighted by Crippen LogP contribution is -2.14. The molecule has 166 valence electrons. The van der Waals surface area contributed by atoms with Crippen LogP contribution in [0, 0.1) is 21.7 Å². The summed E-state index contributed by atoms with van der Waals surface area (Å²) in [6.45, 7) is 0. The van der Waals surface area contributed by atoms with Gasteiger partial charge in [0, 0.05) is 6.07 Å². The van der Waals surface area contributed by atoms with E-state index in [1.807, 2.05) is 0 Å². The zero-order chi connectivity index (χ0) is 23.3. The molecule has 0 unspecified atom stereocenters. The van der Waals surface area contributed by atoms with Gasteiger partial charge in [-0.05, 0) is 42.0 Å². The van der Waals surface area contributed by atoms with Gasteiger partial charge in [0.05, 0.1) is 28.8 Å². The standard InChI is InChI=1S/C20H16F2N4O5S/c1-31-20-5-3-2-4-18(20)25-32(29,30)14-7-9-17(19(11-14)26(27)28)24-23-12-13-6-8-15(21)16(22)10-13/h2-12,24-25H,1H3/b23-12+. The number of anilines is 2. The van der Waals surface area contributed by atoms with E-state index < -0.39 is 32.3 Å². The fourth-order valence-corrected chi connectivity index (χ4v) is 3.72. The third-order valence-electron chi connectivity index (χ3n) is 4.17. The summed E-state index contributed by atoms with van der Waals surface area (Å²) in [5.74, 6) is -1.82. The number of sulfonamides is 1. The SMILES string of the molecule is COc1ccccc1NS(=O)(=O)c1ccc(N/N=C/c2ccc(F)c(F)c2)c([N+](=O)[O-])c1. The summed E-state index contributed by atoms with van der Waals surface area (Å²) >= 11 is 0. The van der Waals surface area contributed by atoms with E-state index >= 15 is 0 Å². The summed E-state index contributed by atoms with van der Waals surface area (Å²) in [4.78, 5) is 10.3. The van der Waals surface area contributed by atoms with E-state index in [-0.39, 0.29) is 27.6 Å². The van der Waals surface area contributed by atoms with Gasteiger partial charge in [-0.1, -0.05) is 18.2 Å². The number of nitro groups is 1. The molecule has 3 rings (SSSR count). The van der Waals surface area contributed by atoms with Crippen LogP contribution in [0.5, 0.6) is 5.75 Å². The summed E-state index contributed by atoms with van der Waals surface area (Å²) < 4.78 is 59.1. The predicted molar refractivity (Wildman–Crippen MR) is 114 cm³/mol. The lowest BCUT2D eigenvalue weighted by atomic mass is 10.2. The van der Waals surface area contributed by atoms with Crippen LogP contribution in [0.25, 0.3) is 0 Å². The van der Waals surface area contributed by atoms with Crippen LogP contribution in [0.4, 0.5) is 25.8 Å². The van der Waals surface area contributed by atoms with E-state index in [9.17, 15) is 27.3 Å². The maximum atomic E-state index is 13.2. The molecule has 3 aromatic carbocycles. The van der Waals surface area contributed by atoms with Crippen molar-refractivity contribution in [3.05, 3.63) is 88.0 Å². The molecule has 0 aromatic heterocycles. The molecule has 0 aliphatic heterocycles. The van der Waals surface area contributed by atoms with Crippen LogP contribution in [0.2, 0.25) is 0 Å². The summed E-state index contributed by atoms with van der Waals surface area (Å²) in [7, 11) is -2.79. The van der Waals surface area contributed by atoms with Gasteiger partial charge in [-0.15, -0.1) is 0 Å². The first kappa shape index (κ1) is 22.6. The normalized spacial score (nSPS) is 11.3. The van der Waals surface area contributed by atoms with Gasteiger partial charge in [0.2, 0.25) is 0 Å². The highest BCUT2D eigenvalue weighted by Crippen LogP contribution is 2.30. The number of nitrogens with zero attached hydrogens (tertiary/aromatic N) is 2. The van der Waals surface area contributed by atoms with Gasteiger partial charge < -0.3 is 4.74 Å². The Morgan fingerprint density at radius 3 is 2.47 bits per heavy atom. The Balaban J connectivity index is 1.86. The zero-order valence-corrected chi connectivity index (χ0v) is 17.3. The Morgan fingerprint density at radius 1 is 1.03 bits per heavy atom. The summed E-state index contributed by atoms with van der Waals surface area (Å²) in [5.41, 5.74) is 2.10. The van der Waals surface area contributed by atoms with E-state index in [2.05, 4.69) is 15.2 Å². The van der Waals surface area contributed by atoms with Crippen LogP contribution >= 0.6 is 0 Å². The summed E-state index contributed by atoms with van der Waals surface area (Å²) in [6, 6.07) is 12.5. The number of ether oxygens (including phenoxy) is 1. The molecule has 0 radical (unpaired) electrons. The second-order valence-corrected chi connectivity index (χ2v) is 7.97. The van der Waals surface area contributed by atoms with Crippen LogP contribution in [-0.2, 0) is 10.0 Å². The highest BCUT2D eigenvalue weighted by Gasteiger charge is 2.22.